The fourth-order valence-corrected chi connectivity index (χ4v) is 2.32. The van der Waals surface area contributed by atoms with Crippen LogP contribution in [0.15, 0.2) is 22.7 Å². The predicted octanol–water partition coefficient (Wildman–Crippen LogP) is 3.99. The van der Waals surface area contributed by atoms with Gasteiger partial charge in [0.25, 0.3) is 0 Å². The number of halogens is 4. The van der Waals surface area contributed by atoms with E-state index >= 15 is 0 Å². The smallest absolute Gasteiger partial charge is 0.405 e. The van der Waals surface area contributed by atoms with Crippen molar-refractivity contribution in [3.63, 3.8) is 0 Å². The van der Waals surface area contributed by atoms with Crippen LogP contribution in [-0.2, 0) is 6.54 Å². The molecule has 21 heavy (non-hydrogen) atoms. The Morgan fingerprint density at radius 1 is 1.33 bits per heavy atom. The number of hydrogen-bond acceptors (Lipinski definition) is 3. The second-order valence-electron chi connectivity index (χ2n) is 5.05. The zero-order chi connectivity index (χ0) is 16.1. The lowest BCUT2D eigenvalue weighted by atomic mass is 9.94. The molecule has 0 heterocycles. The molecule has 0 aliphatic carbocycles. The van der Waals surface area contributed by atoms with Gasteiger partial charge in [-0.05, 0) is 53.4 Å². The molecule has 1 rings (SSSR count). The van der Waals surface area contributed by atoms with E-state index in [-0.39, 0.29) is 22.4 Å². The standard InChI is InChI=1S/C14H19BrF3NO2/c1-3-13(2,6-7-20)19-9-10-4-5-12(11(15)8-10)21-14(16,17)18/h4-5,8,19-20H,3,6-7,9H2,1-2H3. The van der Waals surface area contributed by atoms with Crippen LogP contribution >= 0.6 is 15.9 Å². The quantitative estimate of drug-likeness (QED) is 0.763. The highest BCUT2D eigenvalue weighted by molar-refractivity contribution is 9.10. The average Bonchev–Trinajstić information content (AvgIpc) is 2.38. The number of aliphatic hydroxyl groups excluding tert-OH is 1. The van der Waals surface area contributed by atoms with Crippen LogP contribution in [0.2, 0.25) is 0 Å². The fourth-order valence-electron chi connectivity index (χ4n) is 1.81. The van der Waals surface area contributed by atoms with Crippen LogP contribution in [0, 0.1) is 0 Å². The summed E-state index contributed by atoms with van der Waals surface area (Å²) in [4.78, 5) is 0. The van der Waals surface area contributed by atoms with Gasteiger partial charge >= 0.3 is 6.36 Å². The van der Waals surface area contributed by atoms with Crippen LogP contribution in [0.3, 0.4) is 0 Å². The van der Waals surface area contributed by atoms with Gasteiger partial charge in [0, 0.05) is 18.7 Å². The molecule has 120 valence electrons. The SMILES string of the molecule is CCC(C)(CCO)NCc1ccc(OC(F)(F)F)c(Br)c1. The molecule has 0 amide bonds. The first-order valence-electron chi connectivity index (χ1n) is 6.59. The molecular weight excluding hydrogens is 351 g/mol. The third kappa shape index (κ3) is 6.23. The Bertz CT molecular complexity index is 468. The third-order valence-corrected chi connectivity index (χ3v) is 4.00. The summed E-state index contributed by atoms with van der Waals surface area (Å²) in [6, 6.07) is 4.45. The van der Waals surface area contributed by atoms with Crippen molar-refractivity contribution in [3.05, 3.63) is 28.2 Å². The van der Waals surface area contributed by atoms with E-state index in [2.05, 4.69) is 26.0 Å². The second-order valence-corrected chi connectivity index (χ2v) is 5.91. The predicted molar refractivity (Wildman–Crippen MR) is 78.1 cm³/mol. The molecule has 0 bridgehead atoms. The zero-order valence-electron chi connectivity index (χ0n) is 11.9. The summed E-state index contributed by atoms with van der Waals surface area (Å²) in [7, 11) is 0. The molecule has 0 saturated carbocycles. The van der Waals surface area contributed by atoms with Gasteiger partial charge in [-0.2, -0.15) is 0 Å². The van der Waals surface area contributed by atoms with Gasteiger partial charge < -0.3 is 15.2 Å². The van der Waals surface area contributed by atoms with Crippen molar-refractivity contribution in [1.29, 1.82) is 0 Å². The lowest BCUT2D eigenvalue weighted by Gasteiger charge is -2.29. The lowest BCUT2D eigenvalue weighted by Crippen LogP contribution is -2.42. The van der Waals surface area contributed by atoms with Crippen molar-refractivity contribution >= 4 is 15.9 Å². The van der Waals surface area contributed by atoms with E-state index < -0.39 is 6.36 Å². The van der Waals surface area contributed by atoms with Gasteiger partial charge in [-0.1, -0.05) is 13.0 Å². The first-order valence-corrected chi connectivity index (χ1v) is 7.38. The molecule has 1 unspecified atom stereocenters. The summed E-state index contributed by atoms with van der Waals surface area (Å²) < 4.78 is 40.7. The Morgan fingerprint density at radius 3 is 2.48 bits per heavy atom. The Hall–Kier alpha value is -0.790. The normalized spacial score (nSPS) is 14.8. The number of benzene rings is 1. The zero-order valence-corrected chi connectivity index (χ0v) is 13.5. The van der Waals surface area contributed by atoms with E-state index in [1.165, 1.54) is 6.07 Å². The van der Waals surface area contributed by atoms with Gasteiger partial charge in [0.15, 0.2) is 0 Å². The summed E-state index contributed by atoms with van der Waals surface area (Å²) in [6.07, 6.45) is -3.26. The van der Waals surface area contributed by atoms with Crippen LogP contribution in [0.5, 0.6) is 5.75 Å². The Balaban J connectivity index is 2.72. The molecule has 0 spiro atoms. The third-order valence-electron chi connectivity index (χ3n) is 3.39. The average molecular weight is 370 g/mol. The van der Waals surface area contributed by atoms with Gasteiger partial charge in [0.2, 0.25) is 0 Å². The van der Waals surface area contributed by atoms with E-state index in [9.17, 15) is 13.2 Å². The molecule has 1 aromatic carbocycles. The Morgan fingerprint density at radius 2 is 2.00 bits per heavy atom. The van der Waals surface area contributed by atoms with Crippen molar-refractivity contribution in [2.24, 2.45) is 0 Å². The first kappa shape index (κ1) is 18.3. The number of rotatable bonds is 7. The highest BCUT2D eigenvalue weighted by Gasteiger charge is 2.32. The van der Waals surface area contributed by atoms with Crippen molar-refractivity contribution in [2.75, 3.05) is 6.61 Å². The summed E-state index contributed by atoms with van der Waals surface area (Å²) in [5, 5.41) is 12.4. The Kier molecular flexibility index (Phi) is 6.49. The van der Waals surface area contributed by atoms with Crippen molar-refractivity contribution in [1.82, 2.24) is 5.32 Å². The van der Waals surface area contributed by atoms with Gasteiger partial charge in [0.05, 0.1) is 4.47 Å². The summed E-state index contributed by atoms with van der Waals surface area (Å²) in [5.74, 6) is -0.264. The number of aliphatic hydroxyl groups is 1. The second kappa shape index (κ2) is 7.47. The van der Waals surface area contributed by atoms with Crippen LogP contribution in [-0.4, -0.2) is 23.6 Å². The van der Waals surface area contributed by atoms with Crippen molar-refractivity contribution in [2.45, 2.75) is 45.1 Å². The summed E-state index contributed by atoms with van der Waals surface area (Å²) in [6.45, 7) is 4.59. The maximum absolute atomic E-state index is 12.2. The van der Waals surface area contributed by atoms with Crippen molar-refractivity contribution < 1.29 is 23.0 Å². The van der Waals surface area contributed by atoms with E-state index in [0.29, 0.717) is 13.0 Å². The lowest BCUT2D eigenvalue weighted by molar-refractivity contribution is -0.274. The van der Waals surface area contributed by atoms with Gasteiger partial charge in [-0.3, -0.25) is 0 Å². The highest BCUT2D eigenvalue weighted by Crippen LogP contribution is 2.31. The minimum atomic E-state index is -4.70. The van der Waals surface area contributed by atoms with Crippen LogP contribution < -0.4 is 10.1 Å². The minimum Gasteiger partial charge on any atom is -0.405 e. The number of hydrogen-bond donors (Lipinski definition) is 2. The van der Waals surface area contributed by atoms with Gasteiger partial charge in [0.1, 0.15) is 5.75 Å². The fraction of sp³-hybridized carbons (Fsp3) is 0.571. The summed E-state index contributed by atoms with van der Waals surface area (Å²) in [5.41, 5.74) is 0.622. The molecule has 0 fully saturated rings. The van der Waals surface area contributed by atoms with Gasteiger partial charge in [-0.25, -0.2) is 0 Å². The van der Waals surface area contributed by atoms with E-state index in [1.807, 2.05) is 13.8 Å². The van der Waals surface area contributed by atoms with E-state index in [1.54, 1.807) is 12.1 Å². The topological polar surface area (TPSA) is 41.5 Å². The molecule has 3 nitrogen and oxygen atoms in total. The molecule has 0 aliphatic rings. The molecule has 2 N–H and O–H groups in total. The van der Waals surface area contributed by atoms with Crippen LogP contribution in [0.1, 0.15) is 32.3 Å². The largest absolute Gasteiger partial charge is 0.573 e. The minimum absolute atomic E-state index is 0.0827. The molecule has 0 saturated heterocycles. The molecule has 7 heteroatoms. The maximum Gasteiger partial charge on any atom is 0.573 e. The molecule has 0 aromatic heterocycles. The van der Waals surface area contributed by atoms with Crippen molar-refractivity contribution in [3.8, 4) is 5.75 Å². The van der Waals surface area contributed by atoms with E-state index in [4.69, 9.17) is 5.11 Å². The van der Waals surface area contributed by atoms with Crippen LogP contribution in [0.25, 0.3) is 0 Å². The molecule has 0 aliphatic heterocycles. The Labute approximate surface area is 130 Å². The summed E-state index contributed by atoms with van der Waals surface area (Å²) >= 11 is 3.08. The molecular formula is C14H19BrF3NO2. The maximum atomic E-state index is 12.2. The van der Waals surface area contributed by atoms with Crippen LogP contribution in [0.4, 0.5) is 13.2 Å². The van der Waals surface area contributed by atoms with E-state index in [0.717, 1.165) is 12.0 Å². The molecule has 0 radical (unpaired) electrons. The first-order chi connectivity index (χ1) is 9.69. The van der Waals surface area contributed by atoms with Gasteiger partial charge in [-0.15, -0.1) is 13.2 Å². The molecule has 1 aromatic rings. The monoisotopic (exact) mass is 369 g/mol. The molecule has 1 atom stereocenters. The number of ether oxygens (including phenoxy) is 1. The number of alkyl halides is 3. The number of nitrogens with one attached hydrogen (secondary N) is 1. The highest BCUT2D eigenvalue weighted by atomic mass is 79.9.